The van der Waals surface area contributed by atoms with Crippen molar-refractivity contribution in [3.8, 4) is 17.0 Å². The van der Waals surface area contributed by atoms with Crippen LogP contribution in [0, 0.1) is 0 Å². The number of hydrogen-bond donors (Lipinski definition) is 0. The van der Waals surface area contributed by atoms with E-state index in [0.29, 0.717) is 0 Å². The van der Waals surface area contributed by atoms with Gasteiger partial charge in [-0.05, 0) is 56.9 Å². The van der Waals surface area contributed by atoms with Gasteiger partial charge in [-0.25, -0.2) is 4.98 Å². The lowest BCUT2D eigenvalue weighted by atomic mass is 10.1. The van der Waals surface area contributed by atoms with Crippen molar-refractivity contribution in [2.24, 2.45) is 0 Å². The Morgan fingerprint density at radius 3 is 2.30 bits per heavy atom. The van der Waals surface area contributed by atoms with E-state index in [1.807, 2.05) is 11.3 Å². The van der Waals surface area contributed by atoms with Crippen molar-refractivity contribution in [1.29, 1.82) is 0 Å². The summed E-state index contributed by atoms with van der Waals surface area (Å²) < 4.78 is 8.27. The number of rotatable bonds is 14. The number of aryl methyl sites for hydroxylation is 1. The van der Waals surface area contributed by atoms with Gasteiger partial charge >= 0.3 is 0 Å². The van der Waals surface area contributed by atoms with Crippen LogP contribution in [-0.4, -0.2) is 15.5 Å². The molecule has 0 saturated heterocycles. The zero-order valence-corrected chi connectivity index (χ0v) is 19.8. The van der Waals surface area contributed by atoms with Crippen LogP contribution in [0.4, 0.5) is 0 Å². The Morgan fingerprint density at radius 2 is 1.60 bits per heavy atom. The van der Waals surface area contributed by atoms with Crippen molar-refractivity contribution >= 4 is 16.3 Å². The quantitative estimate of drug-likeness (QED) is 0.242. The summed E-state index contributed by atoms with van der Waals surface area (Å²) in [6.45, 7) is 6.69. The highest BCUT2D eigenvalue weighted by Crippen LogP contribution is 2.27. The zero-order chi connectivity index (χ0) is 21.2. The number of imidazole rings is 1. The second-order valence-corrected chi connectivity index (χ2v) is 9.57. The predicted molar refractivity (Wildman–Crippen MR) is 130 cm³/mol. The first-order valence-corrected chi connectivity index (χ1v) is 12.8. The van der Waals surface area contributed by atoms with Crippen molar-refractivity contribution in [2.75, 3.05) is 0 Å². The van der Waals surface area contributed by atoms with Crippen LogP contribution in [0.3, 0.4) is 0 Å². The maximum absolute atomic E-state index is 6.08. The lowest BCUT2D eigenvalue weighted by molar-refractivity contribution is 0.206. The molecule has 30 heavy (non-hydrogen) atoms. The number of hydrogen-bond acceptors (Lipinski definition) is 3. The van der Waals surface area contributed by atoms with E-state index in [9.17, 15) is 0 Å². The molecule has 0 N–H and O–H groups in total. The molecule has 3 nitrogen and oxygen atoms in total. The van der Waals surface area contributed by atoms with E-state index in [2.05, 4.69) is 61.8 Å². The maximum atomic E-state index is 6.08. The highest BCUT2D eigenvalue weighted by molar-refractivity contribution is 7.17. The molecule has 0 radical (unpaired) electrons. The number of fused-ring (bicyclic) bond motifs is 1. The van der Waals surface area contributed by atoms with E-state index in [0.717, 1.165) is 28.4 Å². The van der Waals surface area contributed by atoms with E-state index in [4.69, 9.17) is 9.72 Å². The molecule has 164 valence electrons. The average Bonchev–Trinajstić information content (AvgIpc) is 3.30. The molecule has 3 aromatic rings. The molecule has 1 atom stereocenters. The summed E-state index contributed by atoms with van der Waals surface area (Å²) in [6, 6.07) is 8.40. The van der Waals surface area contributed by atoms with E-state index >= 15 is 0 Å². The fourth-order valence-electron chi connectivity index (χ4n) is 3.85. The molecular weight excluding hydrogens is 388 g/mol. The summed E-state index contributed by atoms with van der Waals surface area (Å²) in [5.41, 5.74) is 2.19. The van der Waals surface area contributed by atoms with Crippen molar-refractivity contribution in [3.05, 3.63) is 41.5 Å². The predicted octanol–water partition coefficient (Wildman–Crippen LogP) is 8.31. The van der Waals surface area contributed by atoms with Crippen molar-refractivity contribution in [2.45, 2.75) is 97.5 Å². The number of aromatic nitrogens is 2. The smallest absolute Gasteiger partial charge is 0.194 e. The molecule has 1 aromatic carbocycles. The molecule has 4 heteroatoms. The molecule has 0 aliphatic heterocycles. The van der Waals surface area contributed by atoms with E-state index < -0.39 is 0 Å². The molecule has 0 amide bonds. The molecule has 0 unspecified atom stereocenters. The summed E-state index contributed by atoms with van der Waals surface area (Å²) in [5, 5.41) is 0. The van der Waals surface area contributed by atoms with Crippen LogP contribution in [0.1, 0.15) is 89.9 Å². The minimum atomic E-state index is 0.269. The summed E-state index contributed by atoms with van der Waals surface area (Å²) >= 11 is 1.83. The highest BCUT2D eigenvalue weighted by atomic mass is 32.1. The van der Waals surface area contributed by atoms with Gasteiger partial charge in [0.05, 0.1) is 11.8 Å². The molecule has 0 spiro atoms. The number of nitrogens with zero attached hydrogens (tertiary/aromatic N) is 2. The van der Waals surface area contributed by atoms with Crippen molar-refractivity contribution in [3.63, 3.8) is 0 Å². The number of thiazole rings is 1. The lowest BCUT2D eigenvalue weighted by Gasteiger charge is -2.14. The van der Waals surface area contributed by atoms with Gasteiger partial charge in [-0.15, -0.1) is 11.3 Å². The summed E-state index contributed by atoms with van der Waals surface area (Å²) in [6.07, 6.45) is 18.8. The second kappa shape index (κ2) is 12.1. The monoisotopic (exact) mass is 426 g/mol. The minimum absolute atomic E-state index is 0.269. The molecule has 2 heterocycles. The van der Waals surface area contributed by atoms with Crippen LogP contribution >= 0.6 is 11.3 Å². The van der Waals surface area contributed by atoms with Gasteiger partial charge in [-0.1, -0.05) is 58.8 Å². The third-order valence-electron chi connectivity index (χ3n) is 5.68. The zero-order valence-electron chi connectivity index (χ0n) is 19.0. The van der Waals surface area contributed by atoms with Gasteiger partial charge in [0.15, 0.2) is 4.96 Å². The topological polar surface area (TPSA) is 26.5 Å². The van der Waals surface area contributed by atoms with E-state index in [-0.39, 0.29) is 6.10 Å². The third-order valence-corrected chi connectivity index (χ3v) is 6.74. The van der Waals surface area contributed by atoms with Crippen LogP contribution in [0.25, 0.3) is 16.2 Å². The Labute approximate surface area is 186 Å². The van der Waals surface area contributed by atoms with Crippen LogP contribution in [0.5, 0.6) is 5.75 Å². The average molecular weight is 427 g/mol. The normalized spacial score (nSPS) is 12.5. The Bertz CT molecular complexity index is 833. The Hall–Kier alpha value is -1.81. The van der Waals surface area contributed by atoms with Crippen molar-refractivity contribution < 1.29 is 4.74 Å². The summed E-state index contributed by atoms with van der Waals surface area (Å²) in [7, 11) is 0. The highest BCUT2D eigenvalue weighted by Gasteiger charge is 2.09. The van der Waals surface area contributed by atoms with Crippen LogP contribution in [0.15, 0.2) is 36.7 Å². The van der Waals surface area contributed by atoms with Gasteiger partial charge in [-0.3, -0.25) is 4.40 Å². The first-order valence-electron chi connectivity index (χ1n) is 11.9. The molecule has 3 rings (SSSR count). The molecule has 2 aromatic heterocycles. The molecule has 0 aliphatic carbocycles. The minimum Gasteiger partial charge on any atom is -0.491 e. The fourth-order valence-corrected chi connectivity index (χ4v) is 4.86. The standard InChI is InChI=1S/C26H38N2OS/c1-4-6-8-10-12-14-24-19-28-20-25(27-26(28)30-24)22-15-17-23(18-16-22)29-21(3)13-11-9-7-5-2/h15-21H,4-14H2,1-3H3/t21-/m1/s1. The van der Waals surface area contributed by atoms with E-state index in [1.165, 1.54) is 69.1 Å². The first kappa shape index (κ1) is 22.9. The van der Waals surface area contributed by atoms with Gasteiger partial charge in [-0.2, -0.15) is 0 Å². The first-order chi connectivity index (χ1) is 14.7. The van der Waals surface area contributed by atoms with Crippen LogP contribution in [0.2, 0.25) is 0 Å². The van der Waals surface area contributed by atoms with Gasteiger partial charge < -0.3 is 4.74 Å². The molecule has 0 saturated carbocycles. The number of benzene rings is 1. The fraction of sp³-hybridized carbons (Fsp3) is 0.577. The Balaban J connectivity index is 1.51. The van der Waals surface area contributed by atoms with Gasteiger partial charge in [0.25, 0.3) is 0 Å². The summed E-state index contributed by atoms with van der Waals surface area (Å²) in [5.74, 6) is 0.952. The maximum Gasteiger partial charge on any atom is 0.194 e. The molecule has 0 aliphatic rings. The Morgan fingerprint density at radius 1 is 0.900 bits per heavy atom. The van der Waals surface area contributed by atoms with Gasteiger partial charge in [0.2, 0.25) is 0 Å². The van der Waals surface area contributed by atoms with Gasteiger partial charge in [0, 0.05) is 22.8 Å². The molecular formula is C26H38N2OS. The second-order valence-electron chi connectivity index (χ2n) is 8.48. The Kier molecular flexibility index (Phi) is 9.26. The SMILES string of the molecule is CCCCCCCc1cn2cc(-c3ccc(O[C@H](C)CCCCCC)cc3)nc2s1. The summed E-state index contributed by atoms with van der Waals surface area (Å²) in [4.78, 5) is 7.38. The third kappa shape index (κ3) is 6.87. The van der Waals surface area contributed by atoms with Crippen LogP contribution < -0.4 is 4.74 Å². The number of unbranched alkanes of at least 4 members (excludes halogenated alkanes) is 7. The molecule has 0 fully saturated rings. The largest absolute Gasteiger partial charge is 0.491 e. The van der Waals surface area contributed by atoms with Crippen LogP contribution in [-0.2, 0) is 6.42 Å². The van der Waals surface area contributed by atoms with E-state index in [1.54, 1.807) is 0 Å². The van der Waals surface area contributed by atoms with Crippen molar-refractivity contribution in [1.82, 2.24) is 9.38 Å². The van der Waals surface area contributed by atoms with Gasteiger partial charge in [0.1, 0.15) is 5.75 Å². The molecule has 0 bridgehead atoms. The number of ether oxygens (including phenoxy) is 1. The lowest BCUT2D eigenvalue weighted by Crippen LogP contribution is -2.11.